The molecule has 1 aromatic heterocycles. The van der Waals surface area contributed by atoms with Crippen LogP contribution in [0.15, 0.2) is 36.4 Å². The number of fused-ring (bicyclic) bond motifs is 1. The fraction of sp³-hybridized carbons (Fsp3) is 0.368. The van der Waals surface area contributed by atoms with Gasteiger partial charge >= 0.3 is 0 Å². The number of anilines is 1. The van der Waals surface area contributed by atoms with Gasteiger partial charge in [0.05, 0.1) is 12.2 Å². The number of ether oxygens (including phenoxy) is 1. The molecule has 0 bridgehead atoms. The molecule has 3 rings (SSSR count). The van der Waals surface area contributed by atoms with Crippen molar-refractivity contribution in [3.63, 3.8) is 0 Å². The third-order valence-electron chi connectivity index (χ3n) is 4.58. The van der Waals surface area contributed by atoms with E-state index in [1.165, 1.54) is 0 Å². The molecule has 0 saturated carbocycles. The van der Waals surface area contributed by atoms with Crippen LogP contribution in [0.2, 0.25) is 0 Å². The van der Waals surface area contributed by atoms with Crippen LogP contribution < -0.4 is 15.0 Å². The Morgan fingerprint density at radius 3 is 2.72 bits per heavy atom. The molecule has 1 aromatic carbocycles. The Balaban J connectivity index is 1.60. The lowest BCUT2D eigenvalue weighted by Crippen LogP contribution is -2.45. The van der Waals surface area contributed by atoms with Crippen molar-refractivity contribution >= 4 is 17.5 Å². The summed E-state index contributed by atoms with van der Waals surface area (Å²) in [5, 5.41) is 2.91. The molecular weight excluding hydrogens is 318 g/mol. The lowest BCUT2D eigenvalue weighted by Gasteiger charge is -2.32. The van der Waals surface area contributed by atoms with E-state index in [1.807, 2.05) is 54.9 Å². The van der Waals surface area contributed by atoms with Gasteiger partial charge in [-0.3, -0.25) is 9.59 Å². The quantitative estimate of drug-likeness (QED) is 0.906. The van der Waals surface area contributed by atoms with Crippen molar-refractivity contribution in [1.82, 2.24) is 9.88 Å². The maximum absolute atomic E-state index is 12.4. The lowest BCUT2D eigenvalue weighted by molar-refractivity contribution is -0.125. The number of aromatic nitrogens is 1. The molecule has 1 atom stereocenters. The highest BCUT2D eigenvalue weighted by Gasteiger charge is 2.31. The predicted molar refractivity (Wildman–Crippen MR) is 95.5 cm³/mol. The number of nitrogens with zero attached hydrogens (tertiary/aromatic N) is 2. The molecule has 0 unspecified atom stereocenters. The van der Waals surface area contributed by atoms with Crippen LogP contribution in [0.4, 0.5) is 5.69 Å². The van der Waals surface area contributed by atoms with Gasteiger partial charge in [-0.2, -0.15) is 0 Å². The smallest absolute Gasteiger partial charge is 0.267 e. The zero-order valence-electron chi connectivity index (χ0n) is 14.8. The minimum atomic E-state index is -0.538. The van der Waals surface area contributed by atoms with Gasteiger partial charge < -0.3 is 19.5 Å². The van der Waals surface area contributed by atoms with Crippen LogP contribution in [0.1, 0.15) is 24.7 Å². The molecule has 0 saturated heterocycles. The van der Waals surface area contributed by atoms with E-state index in [-0.39, 0.29) is 18.2 Å². The molecule has 6 heteroatoms. The standard InChI is InChI=1S/C19H23N3O3/c1-13-8-9-15(21(13)3)12-20-18(23)10-11-22-16-6-4-5-7-17(16)25-14(2)19(22)24/h4-9,14H,10-12H2,1-3H3,(H,20,23)/t14-/m1/s1. The first-order chi connectivity index (χ1) is 12.0. The van der Waals surface area contributed by atoms with Crippen molar-refractivity contribution in [3.8, 4) is 5.75 Å². The molecule has 2 aromatic rings. The average molecular weight is 341 g/mol. The monoisotopic (exact) mass is 341 g/mol. The van der Waals surface area contributed by atoms with E-state index in [0.717, 1.165) is 17.1 Å². The minimum Gasteiger partial charge on any atom is -0.479 e. The first-order valence-corrected chi connectivity index (χ1v) is 8.42. The molecule has 132 valence electrons. The summed E-state index contributed by atoms with van der Waals surface area (Å²) < 4.78 is 7.65. The zero-order valence-corrected chi connectivity index (χ0v) is 14.8. The van der Waals surface area contributed by atoms with Crippen LogP contribution in [0.5, 0.6) is 5.75 Å². The van der Waals surface area contributed by atoms with Crippen LogP contribution in [0.25, 0.3) is 0 Å². The summed E-state index contributed by atoms with van der Waals surface area (Å²) in [4.78, 5) is 26.2. The SMILES string of the molecule is Cc1ccc(CNC(=O)CCN2C(=O)[C@@H](C)Oc3ccccc32)n1C. The van der Waals surface area contributed by atoms with Gasteiger partial charge in [0.25, 0.3) is 5.91 Å². The Morgan fingerprint density at radius 1 is 1.24 bits per heavy atom. The largest absolute Gasteiger partial charge is 0.479 e. The minimum absolute atomic E-state index is 0.0803. The van der Waals surface area contributed by atoms with Crippen LogP contribution in [-0.2, 0) is 23.2 Å². The molecule has 2 heterocycles. The Labute approximate surface area is 147 Å². The van der Waals surface area contributed by atoms with E-state index in [4.69, 9.17) is 4.74 Å². The van der Waals surface area contributed by atoms with E-state index in [0.29, 0.717) is 18.8 Å². The van der Waals surface area contributed by atoms with E-state index < -0.39 is 6.10 Å². The van der Waals surface area contributed by atoms with Crippen LogP contribution in [-0.4, -0.2) is 29.0 Å². The Morgan fingerprint density at radius 2 is 2.00 bits per heavy atom. The summed E-state index contributed by atoms with van der Waals surface area (Å²) in [6.45, 7) is 4.56. The Hall–Kier alpha value is -2.76. The molecule has 1 aliphatic rings. The van der Waals surface area contributed by atoms with Crippen molar-refractivity contribution in [2.75, 3.05) is 11.4 Å². The number of carbonyl (C=O) groups excluding carboxylic acids is 2. The molecule has 0 aliphatic carbocycles. The number of benzene rings is 1. The van der Waals surface area contributed by atoms with Gasteiger partial charge in [0.1, 0.15) is 5.75 Å². The molecule has 0 spiro atoms. The molecular formula is C19H23N3O3. The molecule has 6 nitrogen and oxygen atoms in total. The number of carbonyl (C=O) groups is 2. The molecule has 25 heavy (non-hydrogen) atoms. The number of nitrogens with one attached hydrogen (secondary N) is 1. The molecule has 1 aliphatic heterocycles. The third kappa shape index (κ3) is 3.52. The van der Waals surface area contributed by atoms with Gasteiger partial charge in [-0.25, -0.2) is 0 Å². The number of hydrogen-bond acceptors (Lipinski definition) is 3. The maximum Gasteiger partial charge on any atom is 0.267 e. The second-order valence-corrected chi connectivity index (χ2v) is 6.27. The van der Waals surface area contributed by atoms with Crippen LogP contribution >= 0.6 is 0 Å². The number of para-hydroxylation sites is 2. The highest BCUT2D eigenvalue weighted by atomic mass is 16.5. The van der Waals surface area contributed by atoms with Crippen molar-refractivity contribution < 1.29 is 14.3 Å². The zero-order chi connectivity index (χ0) is 18.0. The first kappa shape index (κ1) is 17.1. The third-order valence-corrected chi connectivity index (χ3v) is 4.58. The van der Waals surface area contributed by atoms with Crippen molar-refractivity contribution in [3.05, 3.63) is 47.8 Å². The maximum atomic E-state index is 12.4. The summed E-state index contributed by atoms with van der Waals surface area (Å²) in [6, 6.07) is 11.4. The van der Waals surface area contributed by atoms with Gasteiger partial charge in [-0.15, -0.1) is 0 Å². The fourth-order valence-corrected chi connectivity index (χ4v) is 2.92. The second kappa shape index (κ2) is 7.01. The van der Waals surface area contributed by atoms with Gasteiger partial charge in [0.15, 0.2) is 6.10 Å². The van der Waals surface area contributed by atoms with Gasteiger partial charge in [0, 0.05) is 31.4 Å². The van der Waals surface area contributed by atoms with E-state index in [1.54, 1.807) is 11.8 Å². The molecule has 2 amide bonds. The number of amides is 2. The summed E-state index contributed by atoms with van der Waals surface area (Å²) in [5.41, 5.74) is 2.91. The molecule has 0 radical (unpaired) electrons. The van der Waals surface area contributed by atoms with Crippen molar-refractivity contribution in [2.45, 2.75) is 32.9 Å². The second-order valence-electron chi connectivity index (χ2n) is 6.27. The summed E-state index contributed by atoms with van der Waals surface area (Å²) >= 11 is 0. The van der Waals surface area contributed by atoms with E-state index in [2.05, 4.69) is 5.32 Å². The number of rotatable bonds is 5. The van der Waals surface area contributed by atoms with E-state index >= 15 is 0 Å². The van der Waals surface area contributed by atoms with Crippen LogP contribution in [0.3, 0.4) is 0 Å². The number of aryl methyl sites for hydroxylation is 1. The topological polar surface area (TPSA) is 63.6 Å². The van der Waals surface area contributed by atoms with Gasteiger partial charge in [-0.1, -0.05) is 12.1 Å². The summed E-state index contributed by atoms with van der Waals surface area (Å²) in [5.74, 6) is 0.474. The Bertz CT molecular complexity index is 797. The number of hydrogen-bond donors (Lipinski definition) is 1. The van der Waals surface area contributed by atoms with Gasteiger partial charge in [0.2, 0.25) is 5.91 Å². The molecule has 1 N–H and O–H groups in total. The van der Waals surface area contributed by atoms with Gasteiger partial charge in [-0.05, 0) is 38.1 Å². The first-order valence-electron chi connectivity index (χ1n) is 8.42. The highest BCUT2D eigenvalue weighted by molar-refractivity contribution is 6.00. The normalized spacial score (nSPS) is 16.4. The highest BCUT2D eigenvalue weighted by Crippen LogP contribution is 2.33. The summed E-state index contributed by atoms with van der Waals surface area (Å²) in [6.07, 6.45) is -0.291. The summed E-state index contributed by atoms with van der Waals surface area (Å²) in [7, 11) is 1.97. The van der Waals surface area contributed by atoms with Crippen molar-refractivity contribution in [1.29, 1.82) is 0 Å². The fourth-order valence-electron chi connectivity index (χ4n) is 2.92. The average Bonchev–Trinajstić information content (AvgIpc) is 2.92. The van der Waals surface area contributed by atoms with Crippen molar-refractivity contribution in [2.24, 2.45) is 7.05 Å². The lowest BCUT2D eigenvalue weighted by atomic mass is 10.1. The van der Waals surface area contributed by atoms with E-state index in [9.17, 15) is 9.59 Å². The molecule has 0 fully saturated rings. The van der Waals surface area contributed by atoms with Crippen LogP contribution in [0, 0.1) is 6.92 Å². The predicted octanol–water partition coefficient (Wildman–Crippen LogP) is 2.15. The Kier molecular flexibility index (Phi) is 4.79.